The minimum Gasteiger partial charge on any atom is -0.355 e. The molecule has 1 aliphatic rings. The molecule has 0 radical (unpaired) electrons. The number of rotatable bonds is 7. The second kappa shape index (κ2) is 9.43. The van der Waals surface area contributed by atoms with E-state index < -0.39 is 0 Å². The topological polar surface area (TPSA) is 81.0 Å². The summed E-state index contributed by atoms with van der Waals surface area (Å²) in [4.78, 5) is 18.6. The first-order valence-electron chi connectivity index (χ1n) is 10.7. The van der Waals surface area contributed by atoms with Gasteiger partial charge in [-0.1, -0.05) is 25.5 Å². The van der Waals surface area contributed by atoms with E-state index in [1.807, 2.05) is 42.6 Å². The highest BCUT2D eigenvalue weighted by atomic mass is 15.3. The van der Waals surface area contributed by atoms with Crippen LogP contribution in [0.4, 0.5) is 23.3 Å². The van der Waals surface area contributed by atoms with Gasteiger partial charge in [0.15, 0.2) is 0 Å². The van der Waals surface area contributed by atoms with Crippen LogP contribution in [0, 0.1) is 11.3 Å². The molecule has 2 aromatic heterocycles. The first-order valence-corrected chi connectivity index (χ1v) is 10.7. The fraction of sp³-hybridized carbons (Fsp3) is 0.333. The molecule has 0 unspecified atom stereocenters. The van der Waals surface area contributed by atoms with Crippen LogP contribution in [0.3, 0.4) is 0 Å². The molecule has 1 N–H and O–H groups in total. The van der Waals surface area contributed by atoms with Gasteiger partial charge >= 0.3 is 0 Å². The first-order chi connectivity index (χ1) is 15.2. The predicted octanol–water partition coefficient (Wildman–Crippen LogP) is 4.15. The monoisotopic (exact) mass is 413 g/mol. The van der Waals surface area contributed by atoms with Crippen molar-refractivity contribution < 1.29 is 0 Å². The molecule has 0 aliphatic carbocycles. The van der Waals surface area contributed by atoms with E-state index in [0.29, 0.717) is 17.6 Å². The van der Waals surface area contributed by atoms with Gasteiger partial charge in [-0.25, -0.2) is 9.97 Å². The normalized spacial score (nSPS) is 15.5. The van der Waals surface area contributed by atoms with Crippen molar-refractivity contribution in [2.45, 2.75) is 32.2 Å². The van der Waals surface area contributed by atoms with Gasteiger partial charge < -0.3 is 15.1 Å². The summed E-state index contributed by atoms with van der Waals surface area (Å²) in [5.74, 6) is 2.50. The molecule has 0 bridgehead atoms. The quantitative estimate of drug-likeness (QED) is 0.623. The number of aryl methyl sites for hydroxylation is 1. The minimum atomic E-state index is 0.378. The molecule has 1 aliphatic heterocycles. The maximum atomic E-state index is 9.16. The third-order valence-electron chi connectivity index (χ3n) is 5.57. The number of anilines is 4. The SMILES string of the molecule is CCCc1cc(N2CC[C@H](N(C)c3ccccn3)C2)nc(Nc2cccc(C#N)c2)n1. The van der Waals surface area contributed by atoms with Crippen LogP contribution in [0.1, 0.15) is 31.0 Å². The van der Waals surface area contributed by atoms with E-state index in [9.17, 15) is 0 Å². The zero-order valence-electron chi connectivity index (χ0n) is 18.0. The smallest absolute Gasteiger partial charge is 0.229 e. The molecule has 1 saturated heterocycles. The zero-order chi connectivity index (χ0) is 21.6. The molecule has 0 amide bonds. The Hall–Kier alpha value is -3.66. The highest BCUT2D eigenvalue weighted by molar-refractivity contribution is 5.58. The largest absolute Gasteiger partial charge is 0.355 e. The molecule has 1 atom stereocenters. The molecule has 0 spiro atoms. The molecule has 1 fully saturated rings. The van der Waals surface area contributed by atoms with Crippen molar-refractivity contribution in [1.82, 2.24) is 15.0 Å². The lowest BCUT2D eigenvalue weighted by Crippen LogP contribution is -2.35. The molecule has 7 heteroatoms. The maximum Gasteiger partial charge on any atom is 0.229 e. The van der Waals surface area contributed by atoms with Crippen molar-refractivity contribution in [2.24, 2.45) is 0 Å². The third-order valence-corrected chi connectivity index (χ3v) is 5.57. The van der Waals surface area contributed by atoms with Crippen LogP contribution in [-0.2, 0) is 6.42 Å². The number of benzene rings is 1. The molecule has 7 nitrogen and oxygen atoms in total. The Kier molecular flexibility index (Phi) is 6.27. The van der Waals surface area contributed by atoms with Crippen LogP contribution >= 0.6 is 0 Å². The number of likely N-dealkylation sites (N-methyl/N-ethyl adjacent to an activating group) is 1. The minimum absolute atomic E-state index is 0.378. The molecular formula is C24H27N7. The first kappa shape index (κ1) is 20.6. The molecule has 31 heavy (non-hydrogen) atoms. The second-order valence-electron chi connectivity index (χ2n) is 7.80. The Balaban J connectivity index is 1.54. The molecule has 3 heterocycles. The van der Waals surface area contributed by atoms with Gasteiger partial charge in [-0.2, -0.15) is 10.2 Å². The summed E-state index contributed by atoms with van der Waals surface area (Å²) in [5, 5.41) is 12.4. The van der Waals surface area contributed by atoms with Crippen LogP contribution in [0.2, 0.25) is 0 Å². The van der Waals surface area contributed by atoms with Gasteiger partial charge in [0.25, 0.3) is 0 Å². The number of nitrogens with one attached hydrogen (secondary N) is 1. The highest BCUT2D eigenvalue weighted by Gasteiger charge is 2.28. The Bertz CT molecular complexity index is 1060. The Morgan fingerprint density at radius 3 is 2.87 bits per heavy atom. The maximum absolute atomic E-state index is 9.16. The van der Waals surface area contributed by atoms with Crippen molar-refractivity contribution >= 4 is 23.3 Å². The number of pyridine rings is 1. The number of nitriles is 1. The lowest BCUT2D eigenvalue weighted by molar-refractivity contribution is 0.684. The van der Waals surface area contributed by atoms with Crippen LogP contribution < -0.4 is 15.1 Å². The average molecular weight is 414 g/mol. The van der Waals surface area contributed by atoms with Gasteiger partial charge in [-0.05, 0) is 43.2 Å². The second-order valence-corrected chi connectivity index (χ2v) is 7.80. The standard InChI is InChI=1S/C24H27N7/c1-3-7-19-15-23(29-24(27-19)28-20-9-6-8-18(14-20)16-25)31-13-11-21(17-31)30(2)22-10-4-5-12-26-22/h4-6,8-10,12,14-15,21H,3,7,11,13,17H2,1-2H3,(H,27,28,29)/t21-/m0/s1. The summed E-state index contributed by atoms with van der Waals surface area (Å²) >= 11 is 0. The van der Waals surface area contributed by atoms with E-state index in [2.05, 4.69) is 46.2 Å². The molecule has 0 saturated carbocycles. The fourth-order valence-corrected chi connectivity index (χ4v) is 3.90. The molecule has 1 aromatic carbocycles. The number of aromatic nitrogens is 3. The van der Waals surface area contributed by atoms with E-state index in [-0.39, 0.29) is 0 Å². The van der Waals surface area contributed by atoms with Crippen molar-refractivity contribution in [3.63, 3.8) is 0 Å². The third kappa shape index (κ3) is 4.92. The van der Waals surface area contributed by atoms with Crippen LogP contribution in [0.5, 0.6) is 0 Å². The van der Waals surface area contributed by atoms with Crippen molar-refractivity contribution in [1.29, 1.82) is 5.26 Å². The summed E-state index contributed by atoms with van der Waals surface area (Å²) in [7, 11) is 2.11. The lowest BCUT2D eigenvalue weighted by atomic mass is 10.2. The summed E-state index contributed by atoms with van der Waals surface area (Å²) in [6.45, 7) is 3.98. The summed E-state index contributed by atoms with van der Waals surface area (Å²) < 4.78 is 0. The average Bonchev–Trinajstić information content (AvgIpc) is 3.30. The van der Waals surface area contributed by atoms with Crippen molar-refractivity contribution in [3.05, 3.63) is 66.0 Å². The van der Waals surface area contributed by atoms with E-state index >= 15 is 0 Å². The number of nitrogens with zero attached hydrogens (tertiary/aromatic N) is 6. The molecule has 158 valence electrons. The number of hydrogen-bond acceptors (Lipinski definition) is 7. The molecule has 4 rings (SSSR count). The Morgan fingerprint density at radius 2 is 2.10 bits per heavy atom. The van der Waals surface area contributed by atoms with Gasteiger partial charge in [-0.15, -0.1) is 0 Å². The van der Waals surface area contributed by atoms with Crippen LogP contribution in [-0.4, -0.2) is 41.1 Å². The van der Waals surface area contributed by atoms with E-state index in [1.54, 1.807) is 6.07 Å². The summed E-state index contributed by atoms with van der Waals surface area (Å²) in [5.41, 5.74) is 2.44. The lowest BCUT2D eigenvalue weighted by Gasteiger charge is -2.26. The van der Waals surface area contributed by atoms with Gasteiger partial charge in [0.2, 0.25) is 5.95 Å². The summed E-state index contributed by atoms with van der Waals surface area (Å²) in [6.07, 6.45) is 4.80. The highest BCUT2D eigenvalue weighted by Crippen LogP contribution is 2.26. The number of hydrogen-bond donors (Lipinski definition) is 1. The van der Waals surface area contributed by atoms with Crippen LogP contribution in [0.25, 0.3) is 0 Å². The molecular weight excluding hydrogens is 386 g/mol. The van der Waals surface area contributed by atoms with Gasteiger partial charge in [0.1, 0.15) is 11.6 Å². The van der Waals surface area contributed by atoms with Gasteiger partial charge in [-0.3, -0.25) is 0 Å². The van der Waals surface area contributed by atoms with E-state index in [4.69, 9.17) is 15.2 Å². The van der Waals surface area contributed by atoms with Crippen LogP contribution in [0.15, 0.2) is 54.7 Å². The van der Waals surface area contributed by atoms with E-state index in [1.165, 1.54) is 0 Å². The van der Waals surface area contributed by atoms with Gasteiger partial charge in [0, 0.05) is 49.8 Å². The molecule has 3 aromatic rings. The van der Waals surface area contributed by atoms with Gasteiger partial charge in [0.05, 0.1) is 11.6 Å². The van der Waals surface area contributed by atoms with E-state index in [0.717, 1.165) is 55.4 Å². The Morgan fingerprint density at radius 1 is 1.19 bits per heavy atom. The zero-order valence-corrected chi connectivity index (χ0v) is 18.0. The summed E-state index contributed by atoms with van der Waals surface area (Å²) in [6, 6.07) is 18.0. The van der Waals surface area contributed by atoms with Crippen molar-refractivity contribution in [3.8, 4) is 6.07 Å². The fourth-order valence-electron chi connectivity index (χ4n) is 3.90. The van der Waals surface area contributed by atoms with Crippen molar-refractivity contribution in [2.75, 3.05) is 35.3 Å². The predicted molar refractivity (Wildman–Crippen MR) is 124 cm³/mol. The Labute approximate surface area is 183 Å².